The molecule has 0 unspecified atom stereocenters. The van der Waals surface area contributed by atoms with Crippen LogP contribution in [0.15, 0.2) is 12.4 Å². The number of carbonyl (C=O) groups excluding carboxylic acids is 1. The second kappa shape index (κ2) is 7.45. The van der Waals surface area contributed by atoms with Gasteiger partial charge in [0.1, 0.15) is 0 Å². The molecule has 128 valence electrons. The second-order valence-electron chi connectivity index (χ2n) is 6.77. The van der Waals surface area contributed by atoms with Crippen LogP contribution in [0.4, 0.5) is 0 Å². The molecule has 0 radical (unpaired) electrons. The first-order chi connectivity index (χ1) is 11.2. The van der Waals surface area contributed by atoms with E-state index in [-0.39, 0.29) is 17.9 Å². The van der Waals surface area contributed by atoms with E-state index >= 15 is 0 Å². The number of aryl methyl sites for hydroxylation is 1. The zero-order valence-electron chi connectivity index (χ0n) is 14.0. The molecule has 2 aliphatic heterocycles. The van der Waals surface area contributed by atoms with Crippen molar-refractivity contribution in [3.63, 3.8) is 0 Å². The molecule has 0 bridgehead atoms. The minimum absolute atomic E-state index is 0.0532. The summed E-state index contributed by atoms with van der Waals surface area (Å²) >= 11 is 0. The van der Waals surface area contributed by atoms with Gasteiger partial charge in [0.15, 0.2) is 0 Å². The molecule has 2 fully saturated rings. The van der Waals surface area contributed by atoms with E-state index < -0.39 is 0 Å². The van der Waals surface area contributed by atoms with Gasteiger partial charge in [0.05, 0.1) is 18.2 Å². The normalized spacial score (nSPS) is 26.7. The van der Waals surface area contributed by atoms with E-state index in [1.807, 2.05) is 10.9 Å². The topological polar surface area (TPSA) is 73.4 Å². The van der Waals surface area contributed by atoms with Gasteiger partial charge >= 0.3 is 0 Å². The Morgan fingerprint density at radius 1 is 1.39 bits per heavy atom. The number of primary amides is 1. The van der Waals surface area contributed by atoms with Crippen LogP contribution < -0.4 is 5.73 Å². The third-order valence-corrected chi connectivity index (χ3v) is 5.33. The first-order valence-corrected chi connectivity index (χ1v) is 8.82. The van der Waals surface area contributed by atoms with Crippen molar-refractivity contribution in [2.75, 3.05) is 26.2 Å². The SMILES string of the molecule is CCn1cc(CCN2CCC([C@H]3OCC[C@@H]3C(N)=O)CC2)cn1. The number of ether oxygens (including phenoxy) is 1. The average Bonchev–Trinajstić information content (AvgIpc) is 3.22. The van der Waals surface area contributed by atoms with Crippen LogP contribution >= 0.6 is 0 Å². The van der Waals surface area contributed by atoms with Crippen LogP contribution in [0.25, 0.3) is 0 Å². The molecule has 0 saturated carbocycles. The van der Waals surface area contributed by atoms with Crippen molar-refractivity contribution in [3.05, 3.63) is 18.0 Å². The Bertz CT molecular complexity index is 522. The lowest BCUT2D eigenvalue weighted by Crippen LogP contribution is -2.42. The molecule has 2 atom stereocenters. The number of hydrogen-bond acceptors (Lipinski definition) is 4. The summed E-state index contributed by atoms with van der Waals surface area (Å²) < 4.78 is 7.79. The van der Waals surface area contributed by atoms with E-state index in [9.17, 15) is 4.79 Å². The number of nitrogens with zero attached hydrogens (tertiary/aromatic N) is 3. The van der Waals surface area contributed by atoms with Crippen LogP contribution in [0.5, 0.6) is 0 Å². The van der Waals surface area contributed by atoms with E-state index in [0.717, 1.165) is 51.9 Å². The molecular weight excluding hydrogens is 292 g/mol. The number of likely N-dealkylation sites (tertiary alicyclic amines) is 1. The summed E-state index contributed by atoms with van der Waals surface area (Å²) in [5.41, 5.74) is 6.82. The number of amides is 1. The summed E-state index contributed by atoms with van der Waals surface area (Å²) in [7, 11) is 0. The molecular formula is C17H28N4O2. The fourth-order valence-electron chi connectivity index (χ4n) is 3.88. The molecule has 3 rings (SSSR count). The minimum Gasteiger partial charge on any atom is -0.377 e. The molecule has 6 heteroatoms. The minimum atomic E-state index is -0.192. The summed E-state index contributed by atoms with van der Waals surface area (Å²) in [6.45, 7) is 6.95. The number of nitrogens with two attached hydrogens (primary N) is 1. The maximum absolute atomic E-state index is 11.5. The quantitative estimate of drug-likeness (QED) is 0.850. The van der Waals surface area contributed by atoms with Gasteiger partial charge in [-0.3, -0.25) is 9.48 Å². The Morgan fingerprint density at radius 2 is 2.17 bits per heavy atom. The summed E-state index contributed by atoms with van der Waals surface area (Å²) in [6, 6.07) is 0. The standard InChI is InChI=1S/C17H28N4O2/c1-2-21-12-13(11-19-21)3-7-20-8-4-14(5-9-20)16-15(17(18)22)6-10-23-16/h11-12,14-16H,2-10H2,1H3,(H2,18,22)/t15-,16+/m0/s1. The molecule has 1 aromatic rings. The fraction of sp³-hybridized carbons (Fsp3) is 0.765. The van der Waals surface area contributed by atoms with Crippen LogP contribution in [-0.2, 0) is 22.5 Å². The maximum atomic E-state index is 11.5. The van der Waals surface area contributed by atoms with Gasteiger partial charge < -0.3 is 15.4 Å². The summed E-state index contributed by atoms with van der Waals surface area (Å²) in [5, 5.41) is 4.33. The lowest BCUT2D eigenvalue weighted by atomic mass is 9.84. The Balaban J connectivity index is 1.44. The average molecular weight is 320 g/mol. The van der Waals surface area contributed by atoms with E-state index in [4.69, 9.17) is 10.5 Å². The van der Waals surface area contributed by atoms with Crippen LogP contribution in [0.1, 0.15) is 31.7 Å². The highest BCUT2D eigenvalue weighted by Gasteiger charge is 2.39. The molecule has 6 nitrogen and oxygen atoms in total. The molecule has 2 aliphatic rings. The van der Waals surface area contributed by atoms with Crippen LogP contribution in [0, 0.1) is 11.8 Å². The lowest BCUT2D eigenvalue weighted by Gasteiger charge is -2.35. The fourth-order valence-corrected chi connectivity index (χ4v) is 3.88. The molecule has 0 aliphatic carbocycles. The van der Waals surface area contributed by atoms with Crippen molar-refractivity contribution in [2.24, 2.45) is 17.6 Å². The van der Waals surface area contributed by atoms with Crippen molar-refractivity contribution in [3.8, 4) is 0 Å². The van der Waals surface area contributed by atoms with Gasteiger partial charge in [0.2, 0.25) is 5.91 Å². The molecule has 2 saturated heterocycles. The highest BCUT2D eigenvalue weighted by Crippen LogP contribution is 2.32. The molecule has 0 aromatic carbocycles. The van der Waals surface area contributed by atoms with Crippen LogP contribution in [0.2, 0.25) is 0 Å². The van der Waals surface area contributed by atoms with Crippen molar-refractivity contribution in [1.82, 2.24) is 14.7 Å². The molecule has 0 spiro atoms. The number of rotatable bonds is 6. The van der Waals surface area contributed by atoms with E-state index in [1.165, 1.54) is 5.56 Å². The predicted octanol–water partition coefficient (Wildman–Crippen LogP) is 1.05. The van der Waals surface area contributed by atoms with Crippen LogP contribution in [0.3, 0.4) is 0 Å². The summed E-state index contributed by atoms with van der Waals surface area (Å²) in [4.78, 5) is 14.0. The highest BCUT2D eigenvalue weighted by molar-refractivity contribution is 5.77. The summed E-state index contributed by atoms with van der Waals surface area (Å²) in [6.07, 6.45) is 8.20. The zero-order chi connectivity index (χ0) is 16.2. The molecule has 3 heterocycles. The first kappa shape index (κ1) is 16.5. The van der Waals surface area contributed by atoms with Crippen molar-refractivity contribution >= 4 is 5.91 Å². The Kier molecular flexibility index (Phi) is 5.33. The molecule has 1 amide bonds. The zero-order valence-corrected chi connectivity index (χ0v) is 14.0. The third kappa shape index (κ3) is 3.93. The monoisotopic (exact) mass is 320 g/mol. The largest absolute Gasteiger partial charge is 0.377 e. The number of aromatic nitrogens is 2. The number of piperidine rings is 1. The molecule has 2 N–H and O–H groups in total. The lowest BCUT2D eigenvalue weighted by molar-refractivity contribution is -0.124. The van der Waals surface area contributed by atoms with E-state index in [2.05, 4.69) is 23.1 Å². The predicted molar refractivity (Wildman–Crippen MR) is 87.8 cm³/mol. The Morgan fingerprint density at radius 3 is 2.83 bits per heavy atom. The Hall–Kier alpha value is -1.40. The van der Waals surface area contributed by atoms with E-state index in [1.54, 1.807) is 0 Å². The van der Waals surface area contributed by atoms with Gasteiger partial charge in [-0.05, 0) is 57.2 Å². The van der Waals surface area contributed by atoms with E-state index in [0.29, 0.717) is 12.5 Å². The smallest absolute Gasteiger partial charge is 0.223 e. The van der Waals surface area contributed by atoms with Gasteiger partial charge in [0.25, 0.3) is 0 Å². The Labute approximate surface area is 138 Å². The third-order valence-electron chi connectivity index (χ3n) is 5.33. The second-order valence-corrected chi connectivity index (χ2v) is 6.77. The number of hydrogen-bond donors (Lipinski definition) is 1. The maximum Gasteiger partial charge on any atom is 0.223 e. The van der Waals surface area contributed by atoms with Crippen LogP contribution in [-0.4, -0.2) is 52.9 Å². The first-order valence-electron chi connectivity index (χ1n) is 8.82. The van der Waals surface area contributed by atoms with Gasteiger partial charge in [0, 0.05) is 25.9 Å². The highest BCUT2D eigenvalue weighted by atomic mass is 16.5. The van der Waals surface area contributed by atoms with Gasteiger partial charge in [-0.1, -0.05) is 0 Å². The number of carbonyl (C=O) groups is 1. The van der Waals surface area contributed by atoms with Crippen molar-refractivity contribution in [1.29, 1.82) is 0 Å². The molecule has 23 heavy (non-hydrogen) atoms. The van der Waals surface area contributed by atoms with Gasteiger partial charge in [-0.25, -0.2) is 0 Å². The van der Waals surface area contributed by atoms with Crippen molar-refractivity contribution in [2.45, 2.75) is 45.3 Å². The van der Waals surface area contributed by atoms with Gasteiger partial charge in [-0.2, -0.15) is 5.10 Å². The van der Waals surface area contributed by atoms with Gasteiger partial charge in [-0.15, -0.1) is 0 Å². The van der Waals surface area contributed by atoms with Crippen molar-refractivity contribution < 1.29 is 9.53 Å². The summed E-state index contributed by atoms with van der Waals surface area (Å²) in [5.74, 6) is 0.211. The molecule has 1 aromatic heterocycles.